The first-order valence-electron chi connectivity index (χ1n) is 4.32. The molecule has 0 saturated heterocycles. The Kier molecular flexibility index (Phi) is 3.57. The molecule has 0 heterocycles. The number of allylic oxidation sites excluding steroid dienone is 2. The third-order valence-corrected chi connectivity index (χ3v) is 2.00. The second-order valence-electron chi connectivity index (χ2n) is 2.90. The number of alkyl halides is 2. The van der Waals surface area contributed by atoms with Crippen molar-refractivity contribution in [2.75, 3.05) is 0 Å². The van der Waals surface area contributed by atoms with E-state index in [9.17, 15) is 8.78 Å². The van der Waals surface area contributed by atoms with Crippen LogP contribution in [0.2, 0.25) is 0 Å². The lowest BCUT2D eigenvalue weighted by atomic mass is 9.99. The van der Waals surface area contributed by atoms with E-state index in [1.54, 1.807) is 24.3 Å². The molecule has 74 valence electrons. The van der Waals surface area contributed by atoms with Gasteiger partial charge in [0, 0.05) is 0 Å². The molecule has 0 nitrogen and oxygen atoms in total. The first kappa shape index (κ1) is 10.6. The van der Waals surface area contributed by atoms with Crippen LogP contribution in [0.15, 0.2) is 49.6 Å². The SMILES string of the molecule is C=CC(F)c1ccccc1C(F)C=C. The van der Waals surface area contributed by atoms with Gasteiger partial charge < -0.3 is 0 Å². The van der Waals surface area contributed by atoms with Crippen LogP contribution < -0.4 is 0 Å². The smallest absolute Gasteiger partial charge is 0.143 e. The summed E-state index contributed by atoms with van der Waals surface area (Å²) in [5, 5.41) is 0. The van der Waals surface area contributed by atoms with Gasteiger partial charge in [-0.05, 0) is 11.1 Å². The van der Waals surface area contributed by atoms with E-state index in [2.05, 4.69) is 13.2 Å². The van der Waals surface area contributed by atoms with Crippen LogP contribution in [0, 0.1) is 0 Å². The van der Waals surface area contributed by atoms with Crippen LogP contribution in [-0.4, -0.2) is 0 Å². The highest BCUT2D eigenvalue weighted by Gasteiger charge is 2.15. The maximum atomic E-state index is 13.3. The predicted octanol–water partition coefficient (Wildman–Crippen LogP) is 4.08. The maximum absolute atomic E-state index is 13.3. The molecule has 0 aliphatic rings. The zero-order chi connectivity index (χ0) is 10.6. The minimum absolute atomic E-state index is 0.315. The minimum Gasteiger partial charge on any atom is -0.238 e. The molecule has 2 unspecified atom stereocenters. The maximum Gasteiger partial charge on any atom is 0.143 e. The van der Waals surface area contributed by atoms with Crippen LogP contribution in [0.25, 0.3) is 0 Å². The first-order chi connectivity index (χ1) is 6.70. The van der Waals surface area contributed by atoms with Gasteiger partial charge in [-0.2, -0.15) is 0 Å². The number of benzene rings is 1. The van der Waals surface area contributed by atoms with Gasteiger partial charge in [-0.1, -0.05) is 49.6 Å². The van der Waals surface area contributed by atoms with Crippen molar-refractivity contribution in [2.24, 2.45) is 0 Å². The number of hydrogen-bond acceptors (Lipinski definition) is 0. The molecule has 2 heteroatoms. The molecule has 0 aliphatic carbocycles. The summed E-state index contributed by atoms with van der Waals surface area (Å²) in [6.07, 6.45) is -0.364. The van der Waals surface area contributed by atoms with Crippen molar-refractivity contribution in [3.63, 3.8) is 0 Å². The summed E-state index contributed by atoms with van der Waals surface area (Å²) < 4.78 is 26.6. The van der Waals surface area contributed by atoms with Gasteiger partial charge in [-0.25, -0.2) is 8.78 Å². The summed E-state index contributed by atoms with van der Waals surface area (Å²) in [6, 6.07) is 6.45. The molecule has 0 aromatic heterocycles. The van der Waals surface area contributed by atoms with Gasteiger partial charge >= 0.3 is 0 Å². The van der Waals surface area contributed by atoms with Crippen LogP contribution >= 0.6 is 0 Å². The summed E-state index contributed by atoms with van der Waals surface area (Å²) in [4.78, 5) is 0. The van der Waals surface area contributed by atoms with Gasteiger partial charge in [-0.3, -0.25) is 0 Å². The molecule has 0 spiro atoms. The highest BCUT2D eigenvalue weighted by molar-refractivity contribution is 5.34. The molecule has 0 radical (unpaired) electrons. The zero-order valence-corrected chi connectivity index (χ0v) is 7.79. The van der Waals surface area contributed by atoms with Crippen molar-refractivity contribution in [3.8, 4) is 0 Å². The number of halogens is 2. The Morgan fingerprint density at radius 3 is 1.57 bits per heavy atom. The fraction of sp³-hybridized carbons (Fsp3) is 0.167. The quantitative estimate of drug-likeness (QED) is 0.633. The Balaban J connectivity index is 3.14. The van der Waals surface area contributed by atoms with Gasteiger partial charge in [0.25, 0.3) is 0 Å². The largest absolute Gasteiger partial charge is 0.238 e. The van der Waals surface area contributed by atoms with Crippen molar-refractivity contribution < 1.29 is 8.78 Å². The van der Waals surface area contributed by atoms with Crippen molar-refractivity contribution in [1.82, 2.24) is 0 Å². The van der Waals surface area contributed by atoms with E-state index in [0.29, 0.717) is 11.1 Å². The average Bonchev–Trinajstić information content (AvgIpc) is 2.27. The van der Waals surface area contributed by atoms with Crippen LogP contribution in [0.4, 0.5) is 8.78 Å². The predicted molar refractivity (Wildman–Crippen MR) is 54.5 cm³/mol. The second kappa shape index (κ2) is 4.70. The normalized spacial score (nSPS) is 14.4. The van der Waals surface area contributed by atoms with Gasteiger partial charge in [0.05, 0.1) is 0 Å². The molecular weight excluding hydrogens is 182 g/mol. The molecule has 2 atom stereocenters. The lowest BCUT2D eigenvalue weighted by Gasteiger charge is -2.11. The van der Waals surface area contributed by atoms with Crippen molar-refractivity contribution >= 4 is 0 Å². The zero-order valence-electron chi connectivity index (χ0n) is 7.79. The summed E-state index contributed by atoms with van der Waals surface area (Å²) in [5.41, 5.74) is 0.629. The van der Waals surface area contributed by atoms with Gasteiger partial charge in [0.1, 0.15) is 12.3 Å². The van der Waals surface area contributed by atoms with E-state index >= 15 is 0 Å². The first-order valence-corrected chi connectivity index (χ1v) is 4.32. The van der Waals surface area contributed by atoms with Crippen molar-refractivity contribution in [3.05, 3.63) is 60.7 Å². The highest BCUT2D eigenvalue weighted by atomic mass is 19.1. The van der Waals surface area contributed by atoms with E-state index in [1.807, 2.05) is 0 Å². The average molecular weight is 194 g/mol. The van der Waals surface area contributed by atoms with Crippen LogP contribution in [-0.2, 0) is 0 Å². The third-order valence-electron chi connectivity index (χ3n) is 2.00. The molecule has 14 heavy (non-hydrogen) atoms. The summed E-state index contributed by atoms with van der Waals surface area (Å²) >= 11 is 0. The Hall–Kier alpha value is -1.44. The standard InChI is InChI=1S/C12H12F2/c1-3-11(13)9-7-5-6-8-10(9)12(14)4-2/h3-8,11-12H,1-2H2. The molecule has 0 aliphatic heterocycles. The van der Waals surface area contributed by atoms with Gasteiger partial charge in [-0.15, -0.1) is 0 Å². The summed E-state index contributed by atoms with van der Waals surface area (Å²) in [6.45, 7) is 6.68. The molecule has 1 aromatic rings. The van der Waals surface area contributed by atoms with E-state index < -0.39 is 12.3 Å². The van der Waals surface area contributed by atoms with Crippen LogP contribution in [0.3, 0.4) is 0 Å². The summed E-state index contributed by atoms with van der Waals surface area (Å²) in [5.74, 6) is 0. The Bertz CT molecular complexity index is 298. The molecule has 0 saturated carbocycles. The highest BCUT2D eigenvalue weighted by Crippen LogP contribution is 2.29. The Labute approximate surface area is 82.6 Å². The number of hydrogen-bond donors (Lipinski definition) is 0. The fourth-order valence-corrected chi connectivity index (χ4v) is 1.27. The monoisotopic (exact) mass is 194 g/mol. The molecule has 0 amide bonds. The third kappa shape index (κ3) is 2.08. The lowest BCUT2D eigenvalue weighted by molar-refractivity contribution is 0.383. The molecule has 0 bridgehead atoms. The van der Waals surface area contributed by atoms with Gasteiger partial charge in [0.2, 0.25) is 0 Å². The van der Waals surface area contributed by atoms with Crippen molar-refractivity contribution in [1.29, 1.82) is 0 Å². The Morgan fingerprint density at radius 1 is 0.929 bits per heavy atom. The Morgan fingerprint density at radius 2 is 1.29 bits per heavy atom. The van der Waals surface area contributed by atoms with E-state index in [-0.39, 0.29) is 0 Å². The number of rotatable bonds is 4. The second-order valence-corrected chi connectivity index (χ2v) is 2.90. The van der Waals surface area contributed by atoms with E-state index in [4.69, 9.17) is 0 Å². The molecule has 0 fully saturated rings. The molecule has 1 aromatic carbocycles. The fourth-order valence-electron chi connectivity index (χ4n) is 1.27. The topological polar surface area (TPSA) is 0 Å². The van der Waals surface area contributed by atoms with E-state index in [0.717, 1.165) is 12.2 Å². The molecule has 0 N–H and O–H groups in total. The minimum atomic E-state index is -1.33. The molecular formula is C12H12F2. The lowest BCUT2D eigenvalue weighted by Crippen LogP contribution is -1.97. The van der Waals surface area contributed by atoms with Gasteiger partial charge in [0.15, 0.2) is 0 Å². The summed E-state index contributed by atoms with van der Waals surface area (Å²) in [7, 11) is 0. The van der Waals surface area contributed by atoms with Crippen LogP contribution in [0.1, 0.15) is 23.5 Å². The van der Waals surface area contributed by atoms with Crippen molar-refractivity contribution in [2.45, 2.75) is 12.3 Å². The van der Waals surface area contributed by atoms with Crippen LogP contribution in [0.5, 0.6) is 0 Å². The van der Waals surface area contributed by atoms with E-state index in [1.165, 1.54) is 0 Å². The molecule has 1 rings (SSSR count).